The number of hydrogen-bond acceptors (Lipinski definition) is 5. The van der Waals surface area contributed by atoms with Gasteiger partial charge >= 0.3 is 0 Å². The van der Waals surface area contributed by atoms with Gasteiger partial charge in [0, 0.05) is 5.75 Å². The minimum Gasteiger partial charge on any atom is -0.497 e. The van der Waals surface area contributed by atoms with Crippen molar-refractivity contribution in [3.8, 4) is 11.5 Å². The summed E-state index contributed by atoms with van der Waals surface area (Å²) in [6, 6.07) is 16.0. The molecule has 0 saturated carbocycles. The second kappa shape index (κ2) is 8.22. The first-order valence-corrected chi connectivity index (χ1v) is 9.51. The molecule has 0 fully saturated rings. The van der Waals surface area contributed by atoms with Crippen LogP contribution in [0.25, 0.3) is 10.2 Å². The second-order valence-electron chi connectivity index (χ2n) is 5.01. The van der Waals surface area contributed by atoms with Gasteiger partial charge in [-0.3, -0.25) is 0 Å². The summed E-state index contributed by atoms with van der Waals surface area (Å²) in [5.74, 6) is 3.79. The average Bonchev–Trinajstić information content (AvgIpc) is 3.01. The number of nitrogens with zero attached hydrogens (tertiary/aromatic N) is 1. The van der Waals surface area contributed by atoms with Crippen molar-refractivity contribution in [2.45, 2.75) is 12.2 Å². The topological polar surface area (TPSA) is 31.4 Å². The van der Waals surface area contributed by atoms with Crippen molar-refractivity contribution in [1.29, 1.82) is 0 Å². The fraction of sp³-hybridized carbons (Fsp3) is 0.278. The Kier molecular flexibility index (Phi) is 5.77. The van der Waals surface area contributed by atoms with E-state index in [0.717, 1.165) is 41.5 Å². The second-order valence-corrected chi connectivity index (χ2v) is 7.23. The van der Waals surface area contributed by atoms with Crippen molar-refractivity contribution in [2.75, 3.05) is 19.5 Å². The molecule has 0 saturated heterocycles. The van der Waals surface area contributed by atoms with Gasteiger partial charge in [0.1, 0.15) is 16.5 Å². The standard InChI is InChI=1S/C18H19NO2S2/c1-20-14-7-9-15(10-8-14)21-11-4-12-22-13-18-19-16-5-2-3-6-17(16)23-18/h2-3,5-10H,4,11-13H2,1H3. The molecular formula is C18H19NO2S2. The predicted molar refractivity (Wildman–Crippen MR) is 98.9 cm³/mol. The Bertz CT molecular complexity index is 707. The Balaban J connectivity index is 1.35. The van der Waals surface area contributed by atoms with Gasteiger partial charge in [-0.1, -0.05) is 12.1 Å². The number of fused-ring (bicyclic) bond motifs is 1. The molecule has 1 heterocycles. The van der Waals surface area contributed by atoms with Gasteiger partial charge in [0.05, 0.1) is 23.9 Å². The molecule has 2 aromatic carbocycles. The highest BCUT2D eigenvalue weighted by atomic mass is 32.2. The summed E-state index contributed by atoms with van der Waals surface area (Å²) in [4.78, 5) is 4.65. The molecule has 120 valence electrons. The molecule has 0 N–H and O–H groups in total. The van der Waals surface area contributed by atoms with Crippen molar-refractivity contribution >= 4 is 33.3 Å². The summed E-state index contributed by atoms with van der Waals surface area (Å²) in [7, 11) is 1.67. The molecule has 3 nitrogen and oxygen atoms in total. The lowest BCUT2D eigenvalue weighted by molar-refractivity contribution is 0.318. The Morgan fingerprint density at radius 3 is 2.61 bits per heavy atom. The largest absolute Gasteiger partial charge is 0.497 e. The first kappa shape index (κ1) is 16.1. The lowest BCUT2D eigenvalue weighted by Crippen LogP contribution is -1.98. The molecule has 0 radical (unpaired) electrons. The van der Waals surface area contributed by atoms with E-state index in [2.05, 4.69) is 23.2 Å². The predicted octanol–water partition coefficient (Wildman–Crippen LogP) is 5.01. The molecule has 0 aliphatic carbocycles. The molecule has 0 atom stereocenters. The zero-order valence-corrected chi connectivity index (χ0v) is 14.7. The van der Waals surface area contributed by atoms with Gasteiger partial charge in [-0.2, -0.15) is 11.8 Å². The van der Waals surface area contributed by atoms with Gasteiger partial charge in [0.25, 0.3) is 0 Å². The van der Waals surface area contributed by atoms with Gasteiger partial charge in [-0.05, 0) is 48.6 Å². The lowest BCUT2D eigenvalue weighted by atomic mass is 10.3. The summed E-state index contributed by atoms with van der Waals surface area (Å²) in [5, 5.41) is 1.20. The molecule has 5 heteroatoms. The number of rotatable bonds is 8. The lowest BCUT2D eigenvalue weighted by Gasteiger charge is -2.06. The fourth-order valence-corrected chi connectivity index (χ4v) is 4.12. The van der Waals surface area contributed by atoms with E-state index in [1.165, 1.54) is 9.71 Å². The summed E-state index contributed by atoms with van der Waals surface area (Å²) >= 11 is 3.70. The summed E-state index contributed by atoms with van der Waals surface area (Å²) in [6.07, 6.45) is 1.03. The van der Waals surface area contributed by atoms with Crippen LogP contribution in [0.4, 0.5) is 0 Å². The minimum atomic E-state index is 0.735. The van der Waals surface area contributed by atoms with E-state index in [1.807, 2.05) is 42.1 Å². The number of para-hydroxylation sites is 1. The molecule has 23 heavy (non-hydrogen) atoms. The molecule has 3 aromatic rings. The van der Waals surface area contributed by atoms with Crippen molar-refractivity contribution in [3.05, 3.63) is 53.5 Å². The molecule has 0 spiro atoms. The Morgan fingerprint density at radius 1 is 1.04 bits per heavy atom. The number of methoxy groups -OCH3 is 1. The zero-order chi connectivity index (χ0) is 15.9. The Labute approximate surface area is 144 Å². The molecule has 1 aromatic heterocycles. The van der Waals surface area contributed by atoms with Crippen molar-refractivity contribution in [2.24, 2.45) is 0 Å². The van der Waals surface area contributed by atoms with E-state index < -0.39 is 0 Å². The van der Waals surface area contributed by atoms with Crippen LogP contribution in [0.3, 0.4) is 0 Å². The first-order valence-electron chi connectivity index (χ1n) is 7.54. The zero-order valence-electron chi connectivity index (χ0n) is 13.0. The van der Waals surface area contributed by atoms with E-state index in [9.17, 15) is 0 Å². The summed E-state index contributed by atoms with van der Waals surface area (Å²) < 4.78 is 12.1. The normalized spacial score (nSPS) is 10.8. The monoisotopic (exact) mass is 345 g/mol. The van der Waals surface area contributed by atoms with Crippen molar-refractivity contribution in [3.63, 3.8) is 0 Å². The van der Waals surface area contributed by atoms with Crippen LogP contribution in [0.5, 0.6) is 11.5 Å². The maximum absolute atomic E-state index is 5.72. The van der Waals surface area contributed by atoms with Crippen LogP contribution < -0.4 is 9.47 Å². The van der Waals surface area contributed by atoms with Crippen LogP contribution in [0.15, 0.2) is 48.5 Å². The Morgan fingerprint density at radius 2 is 1.83 bits per heavy atom. The smallest absolute Gasteiger partial charge is 0.119 e. The highest BCUT2D eigenvalue weighted by Crippen LogP contribution is 2.25. The van der Waals surface area contributed by atoms with Gasteiger partial charge in [0.2, 0.25) is 0 Å². The van der Waals surface area contributed by atoms with Crippen LogP contribution >= 0.6 is 23.1 Å². The summed E-state index contributed by atoms with van der Waals surface area (Å²) in [6.45, 7) is 0.735. The van der Waals surface area contributed by atoms with E-state index in [1.54, 1.807) is 18.4 Å². The third-order valence-electron chi connectivity index (χ3n) is 3.32. The average molecular weight is 345 g/mol. The van der Waals surface area contributed by atoms with E-state index >= 15 is 0 Å². The number of aromatic nitrogens is 1. The van der Waals surface area contributed by atoms with Crippen LogP contribution in [0, 0.1) is 0 Å². The molecular weight excluding hydrogens is 326 g/mol. The van der Waals surface area contributed by atoms with Crippen LogP contribution in [-0.2, 0) is 5.75 Å². The van der Waals surface area contributed by atoms with Gasteiger partial charge in [-0.25, -0.2) is 4.98 Å². The quantitative estimate of drug-likeness (QED) is 0.537. The molecule has 3 rings (SSSR count). The third-order valence-corrected chi connectivity index (χ3v) is 5.60. The van der Waals surface area contributed by atoms with Crippen LogP contribution in [0.1, 0.15) is 11.4 Å². The minimum absolute atomic E-state index is 0.735. The van der Waals surface area contributed by atoms with E-state index in [0.29, 0.717) is 0 Å². The van der Waals surface area contributed by atoms with E-state index in [-0.39, 0.29) is 0 Å². The molecule has 0 aliphatic heterocycles. The molecule has 0 aliphatic rings. The highest BCUT2D eigenvalue weighted by Gasteiger charge is 2.03. The van der Waals surface area contributed by atoms with E-state index in [4.69, 9.17) is 9.47 Å². The Hall–Kier alpha value is -1.72. The maximum atomic E-state index is 5.72. The maximum Gasteiger partial charge on any atom is 0.119 e. The molecule has 0 unspecified atom stereocenters. The molecule has 0 bridgehead atoms. The SMILES string of the molecule is COc1ccc(OCCCSCc2nc3ccccc3s2)cc1. The first-order chi connectivity index (χ1) is 11.3. The highest BCUT2D eigenvalue weighted by molar-refractivity contribution is 7.98. The van der Waals surface area contributed by atoms with Gasteiger partial charge < -0.3 is 9.47 Å². The van der Waals surface area contributed by atoms with Crippen LogP contribution in [-0.4, -0.2) is 24.5 Å². The summed E-state index contributed by atoms with van der Waals surface area (Å²) in [5.41, 5.74) is 1.11. The van der Waals surface area contributed by atoms with Gasteiger partial charge in [-0.15, -0.1) is 11.3 Å². The number of thioether (sulfide) groups is 1. The fourth-order valence-electron chi connectivity index (χ4n) is 2.16. The molecule has 0 amide bonds. The number of hydrogen-bond donors (Lipinski definition) is 0. The number of thiazole rings is 1. The van der Waals surface area contributed by atoms with Crippen LogP contribution in [0.2, 0.25) is 0 Å². The van der Waals surface area contributed by atoms with Gasteiger partial charge in [0.15, 0.2) is 0 Å². The van der Waals surface area contributed by atoms with Crippen molar-refractivity contribution in [1.82, 2.24) is 4.98 Å². The number of benzene rings is 2. The van der Waals surface area contributed by atoms with Crippen molar-refractivity contribution < 1.29 is 9.47 Å². The number of ether oxygens (including phenoxy) is 2. The third kappa shape index (κ3) is 4.62.